The van der Waals surface area contributed by atoms with E-state index in [1.54, 1.807) is 5.43 Å². The Morgan fingerprint density at radius 2 is 1.93 bits per heavy atom. The van der Waals surface area contributed by atoms with Gasteiger partial charge in [0.25, 0.3) is 0 Å². The number of hydrogen-bond acceptors (Lipinski definition) is 6. The molecule has 0 aliphatic rings. The number of hydrogen-bond donors (Lipinski definition) is 4. The van der Waals surface area contributed by atoms with Gasteiger partial charge < -0.3 is 0 Å². The molecule has 0 aromatic carbocycles. The number of carbonyl (C=O) groups is 1. The van der Waals surface area contributed by atoms with Crippen LogP contribution in [0.1, 0.15) is 0 Å². The molecule has 5 N–H and O–H groups in total. The van der Waals surface area contributed by atoms with Crippen LogP contribution in [0.4, 0.5) is 4.79 Å². The Bertz CT molecular complexity index is 285. The highest BCUT2D eigenvalue weighted by Gasteiger charge is 2.09. The molecule has 90 valence electrons. The van der Waals surface area contributed by atoms with Gasteiger partial charge in [0.1, 0.15) is 0 Å². The van der Waals surface area contributed by atoms with Gasteiger partial charge in [-0.05, 0) is 0 Å². The lowest BCUT2D eigenvalue weighted by molar-refractivity contribution is 0.202. The van der Waals surface area contributed by atoms with E-state index in [2.05, 4.69) is 5.29 Å². The molecule has 0 saturated heterocycles. The molecule has 15 heavy (non-hydrogen) atoms. The van der Waals surface area contributed by atoms with Crippen molar-refractivity contribution in [2.24, 2.45) is 11.1 Å². The van der Waals surface area contributed by atoms with E-state index in [-0.39, 0.29) is 12.4 Å². The Hall–Kier alpha value is -1.01. The summed E-state index contributed by atoms with van der Waals surface area (Å²) < 4.78 is 31.6. The first kappa shape index (κ1) is 16.4. The number of halogens is 1. The van der Waals surface area contributed by atoms with Gasteiger partial charge in [0.15, 0.2) is 0 Å². The number of nitrogens with zero attached hydrogens (tertiary/aromatic N) is 2. The zero-order valence-electron chi connectivity index (χ0n) is 7.20. The molecule has 0 fully saturated rings. The molecule has 12 heteroatoms. The Morgan fingerprint density at radius 3 is 2.13 bits per heavy atom. The van der Waals surface area contributed by atoms with E-state index >= 15 is 0 Å². The fourth-order valence-corrected chi connectivity index (χ4v) is 0.494. The zero-order valence-corrected chi connectivity index (χ0v) is 8.77. The highest BCUT2D eigenvalue weighted by molar-refractivity contribution is 7.79. The van der Waals surface area contributed by atoms with Crippen molar-refractivity contribution in [2.75, 3.05) is 12.4 Å². The Kier molecular flexibility index (Phi) is 9.10. The molecule has 0 aromatic rings. The van der Waals surface area contributed by atoms with Crippen molar-refractivity contribution < 1.29 is 22.3 Å². The lowest BCUT2D eigenvalue weighted by Gasteiger charge is -2.08. The minimum Gasteiger partial charge on any atom is -0.274 e. The molecule has 0 aromatic heterocycles. The fraction of sp³-hybridized carbons (Fsp3) is 0.667. The first-order chi connectivity index (χ1) is 6.76. The first-order valence-corrected chi connectivity index (χ1v) is 5.06. The first-order valence-electron chi connectivity index (χ1n) is 3.13. The van der Waals surface area contributed by atoms with Crippen LogP contribution in [0.15, 0.2) is 5.29 Å². The summed E-state index contributed by atoms with van der Waals surface area (Å²) in [4.78, 5) is 20.3. The maximum absolute atomic E-state index is 10.5. The van der Waals surface area contributed by atoms with Crippen molar-refractivity contribution in [1.82, 2.24) is 10.4 Å². The summed E-state index contributed by atoms with van der Waals surface area (Å²) in [5.74, 6) is 4.83. The normalized spacial score (nSPS) is 9.60. The van der Waals surface area contributed by atoms with Gasteiger partial charge in [-0.15, -0.1) is 16.5 Å². The van der Waals surface area contributed by atoms with Gasteiger partial charge >= 0.3 is 16.4 Å². The number of nitrogens with two attached hydrogens (primary N) is 1. The van der Waals surface area contributed by atoms with Crippen molar-refractivity contribution in [1.29, 1.82) is 0 Å². The molecule has 0 bridgehead atoms. The molecule has 0 atom stereocenters. The smallest absolute Gasteiger partial charge is 0.274 e. The van der Waals surface area contributed by atoms with E-state index in [0.29, 0.717) is 5.01 Å². The third kappa shape index (κ3) is 15.7. The average molecular weight is 265 g/mol. The molecule has 0 unspecified atom stereocenters. The van der Waals surface area contributed by atoms with Gasteiger partial charge in [-0.3, -0.25) is 14.5 Å². The number of nitroso groups, excluding NO2 is 1. The second-order valence-electron chi connectivity index (χ2n) is 1.79. The molecule has 0 aliphatic heterocycles. The Morgan fingerprint density at radius 1 is 1.53 bits per heavy atom. The lowest BCUT2D eigenvalue weighted by atomic mass is 10.7. The summed E-state index contributed by atoms with van der Waals surface area (Å²) in [6.45, 7) is 0.0497. The highest BCUT2D eigenvalue weighted by Crippen LogP contribution is 1.89. The average Bonchev–Trinajstić information content (AvgIpc) is 2.10. The molecular weight excluding hydrogens is 256 g/mol. The molecule has 0 spiro atoms. The van der Waals surface area contributed by atoms with Crippen molar-refractivity contribution in [2.45, 2.75) is 0 Å². The van der Waals surface area contributed by atoms with Gasteiger partial charge in [-0.25, -0.2) is 10.6 Å². The quantitative estimate of drug-likeness (QED) is 0.129. The minimum atomic E-state index is -4.67. The molecule has 0 rings (SSSR count). The molecule has 2 amide bonds. The standard InChI is InChI=1S/C3H7ClN4O2.H2O4S/c4-1-2-8(7-10)3(9)6-5;1-5(2,3)4/h1-2,5H2,(H,6,9);(H2,1,2,3,4). The number of nitrogens with one attached hydrogen (secondary N) is 1. The predicted octanol–water partition coefficient (Wildman–Crippen LogP) is -0.861. The van der Waals surface area contributed by atoms with E-state index in [0.717, 1.165) is 0 Å². The summed E-state index contributed by atoms with van der Waals surface area (Å²) in [6, 6.07) is -0.768. The Labute approximate surface area is 89.9 Å². The van der Waals surface area contributed by atoms with Gasteiger partial charge in [0, 0.05) is 5.88 Å². The number of urea groups is 1. The number of carbonyl (C=O) groups excluding carboxylic acids is 1. The SMILES string of the molecule is NNC(=O)N(CCCl)N=O.O=S(=O)(O)O. The second-order valence-corrected chi connectivity index (χ2v) is 3.06. The predicted molar refractivity (Wildman–Crippen MR) is 50.1 cm³/mol. The highest BCUT2D eigenvalue weighted by atomic mass is 35.5. The summed E-state index contributed by atoms with van der Waals surface area (Å²) >= 11 is 5.21. The number of alkyl halides is 1. The van der Waals surface area contributed by atoms with Crippen LogP contribution in [-0.2, 0) is 10.4 Å². The van der Waals surface area contributed by atoms with Crippen LogP contribution in [0.5, 0.6) is 0 Å². The minimum absolute atomic E-state index is 0.0497. The van der Waals surface area contributed by atoms with E-state index in [1.165, 1.54) is 0 Å². The molecule has 10 nitrogen and oxygen atoms in total. The topological polar surface area (TPSA) is 162 Å². The molecule has 0 heterocycles. The monoisotopic (exact) mass is 264 g/mol. The number of rotatable bonds is 3. The third-order valence-electron chi connectivity index (χ3n) is 0.753. The van der Waals surface area contributed by atoms with Crippen LogP contribution in [0.3, 0.4) is 0 Å². The number of amides is 2. The van der Waals surface area contributed by atoms with Crippen molar-refractivity contribution in [3.05, 3.63) is 4.91 Å². The summed E-state index contributed by atoms with van der Waals surface area (Å²) in [6.07, 6.45) is 0. The van der Waals surface area contributed by atoms with Crippen LogP contribution < -0.4 is 11.3 Å². The maximum atomic E-state index is 10.5. The third-order valence-corrected chi connectivity index (χ3v) is 0.922. The van der Waals surface area contributed by atoms with E-state index in [1.807, 2.05) is 0 Å². The van der Waals surface area contributed by atoms with E-state index < -0.39 is 16.4 Å². The van der Waals surface area contributed by atoms with Gasteiger partial charge in [0.05, 0.1) is 11.8 Å². The van der Waals surface area contributed by atoms with Crippen molar-refractivity contribution in [3.8, 4) is 0 Å². The molecule has 0 aliphatic carbocycles. The van der Waals surface area contributed by atoms with Crippen LogP contribution in [0.25, 0.3) is 0 Å². The van der Waals surface area contributed by atoms with E-state index in [4.69, 9.17) is 35.0 Å². The fourth-order valence-electron chi connectivity index (χ4n) is 0.334. The maximum Gasteiger partial charge on any atom is 0.394 e. The summed E-state index contributed by atoms with van der Waals surface area (Å²) in [7, 11) is -4.67. The van der Waals surface area contributed by atoms with Crippen LogP contribution in [0.2, 0.25) is 0 Å². The van der Waals surface area contributed by atoms with Crippen LogP contribution >= 0.6 is 11.6 Å². The molecular formula is C3H9ClN4O6S. The van der Waals surface area contributed by atoms with Crippen molar-refractivity contribution in [3.63, 3.8) is 0 Å². The summed E-state index contributed by atoms with van der Waals surface area (Å²) in [5, 5.41) is 2.95. The number of hydrazine groups is 1. The summed E-state index contributed by atoms with van der Waals surface area (Å²) in [5.41, 5.74) is 1.74. The van der Waals surface area contributed by atoms with Crippen LogP contribution in [0, 0.1) is 4.91 Å². The Balaban J connectivity index is 0. The van der Waals surface area contributed by atoms with Crippen molar-refractivity contribution >= 4 is 28.0 Å². The van der Waals surface area contributed by atoms with Gasteiger partial charge in [-0.2, -0.15) is 13.4 Å². The van der Waals surface area contributed by atoms with E-state index in [9.17, 15) is 9.70 Å². The molecule has 0 radical (unpaired) electrons. The molecule has 0 saturated carbocycles. The zero-order chi connectivity index (χ0) is 12.5. The van der Waals surface area contributed by atoms with Gasteiger partial charge in [-0.1, -0.05) is 0 Å². The lowest BCUT2D eigenvalue weighted by Crippen LogP contribution is -2.41. The largest absolute Gasteiger partial charge is 0.394 e. The van der Waals surface area contributed by atoms with Gasteiger partial charge in [0.2, 0.25) is 0 Å². The van der Waals surface area contributed by atoms with Crippen LogP contribution in [-0.4, -0.2) is 41.0 Å². The second kappa shape index (κ2) is 8.31.